The molecule has 0 aromatic heterocycles. The summed E-state index contributed by atoms with van der Waals surface area (Å²) < 4.78 is 5.05. The van der Waals surface area contributed by atoms with Gasteiger partial charge in [-0.1, -0.05) is 20.8 Å². The maximum Gasteiger partial charge on any atom is 0.181 e. The lowest BCUT2D eigenvalue weighted by atomic mass is 10.0. The Kier molecular flexibility index (Phi) is 6.34. The third-order valence-corrected chi connectivity index (χ3v) is 1.90. The number of aliphatic hydroxyl groups excluding tert-OH is 2. The van der Waals surface area contributed by atoms with E-state index in [4.69, 9.17) is 14.9 Å². The molecule has 12 heavy (non-hydrogen) atoms. The van der Waals surface area contributed by atoms with Gasteiger partial charge in [-0.25, -0.2) is 0 Å². The molecule has 0 radical (unpaired) electrons. The molecule has 3 unspecified atom stereocenters. The molecule has 1 saturated heterocycles. The summed E-state index contributed by atoms with van der Waals surface area (Å²) >= 11 is 0. The Hall–Kier alpha value is -0.120. The zero-order valence-electron chi connectivity index (χ0n) is 8.16. The van der Waals surface area contributed by atoms with Gasteiger partial charge in [-0.05, 0) is 19.3 Å². The van der Waals surface area contributed by atoms with Crippen LogP contribution in [0.2, 0.25) is 0 Å². The molecule has 0 aliphatic carbocycles. The molecule has 1 fully saturated rings. The van der Waals surface area contributed by atoms with E-state index in [0.717, 1.165) is 12.8 Å². The summed E-state index contributed by atoms with van der Waals surface area (Å²) in [7, 11) is 0. The molecule has 0 amide bonds. The Morgan fingerprint density at radius 2 is 1.83 bits per heavy atom. The van der Waals surface area contributed by atoms with Gasteiger partial charge >= 0.3 is 0 Å². The molecule has 0 spiro atoms. The van der Waals surface area contributed by atoms with E-state index in [1.165, 1.54) is 0 Å². The number of hydrogen-bond acceptors (Lipinski definition) is 3. The van der Waals surface area contributed by atoms with Gasteiger partial charge in [0, 0.05) is 0 Å². The first-order valence-electron chi connectivity index (χ1n) is 4.75. The standard InChI is InChI=1S/C7H14O3.C2H6/c1-2-5-3-4-6(8)7(9)10-5;1-2/h5-9H,2-4H2,1H3;1-2H3. The lowest BCUT2D eigenvalue weighted by Crippen LogP contribution is -2.38. The fraction of sp³-hybridized carbons (Fsp3) is 1.00. The van der Waals surface area contributed by atoms with E-state index in [1.807, 2.05) is 20.8 Å². The predicted octanol–water partition coefficient (Wildman–Crippen LogP) is 1.28. The summed E-state index contributed by atoms with van der Waals surface area (Å²) in [5.41, 5.74) is 0. The normalized spacial score (nSPS) is 35.2. The molecule has 3 heteroatoms. The van der Waals surface area contributed by atoms with E-state index in [9.17, 15) is 0 Å². The largest absolute Gasteiger partial charge is 0.388 e. The molecule has 0 aromatic rings. The second-order valence-electron chi connectivity index (χ2n) is 2.70. The lowest BCUT2D eigenvalue weighted by Gasteiger charge is -2.29. The summed E-state index contributed by atoms with van der Waals surface area (Å²) in [6.45, 7) is 6.01. The first-order chi connectivity index (χ1) is 5.74. The maximum atomic E-state index is 9.02. The topological polar surface area (TPSA) is 49.7 Å². The van der Waals surface area contributed by atoms with Gasteiger partial charge in [0.05, 0.1) is 6.10 Å². The molecule has 1 rings (SSSR count). The molecule has 3 nitrogen and oxygen atoms in total. The molecule has 0 bridgehead atoms. The van der Waals surface area contributed by atoms with Gasteiger partial charge in [-0.15, -0.1) is 0 Å². The van der Waals surface area contributed by atoms with Crippen LogP contribution >= 0.6 is 0 Å². The SMILES string of the molecule is CC.CCC1CCC(O)C(O)O1. The third kappa shape index (κ3) is 3.52. The van der Waals surface area contributed by atoms with Gasteiger partial charge in [0.1, 0.15) is 6.10 Å². The van der Waals surface area contributed by atoms with E-state index in [-0.39, 0.29) is 6.10 Å². The van der Waals surface area contributed by atoms with Crippen LogP contribution in [0, 0.1) is 0 Å². The number of ether oxygens (including phenoxy) is 1. The highest BCUT2D eigenvalue weighted by Crippen LogP contribution is 2.19. The van der Waals surface area contributed by atoms with Crippen LogP contribution in [-0.4, -0.2) is 28.7 Å². The zero-order valence-corrected chi connectivity index (χ0v) is 8.16. The van der Waals surface area contributed by atoms with Gasteiger partial charge in [-0.3, -0.25) is 0 Å². The van der Waals surface area contributed by atoms with Crippen molar-refractivity contribution in [2.75, 3.05) is 0 Å². The van der Waals surface area contributed by atoms with Crippen LogP contribution in [0.4, 0.5) is 0 Å². The minimum absolute atomic E-state index is 0.137. The quantitative estimate of drug-likeness (QED) is 0.632. The van der Waals surface area contributed by atoms with Crippen LogP contribution in [0.25, 0.3) is 0 Å². The first-order valence-corrected chi connectivity index (χ1v) is 4.75. The minimum Gasteiger partial charge on any atom is -0.388 e. The summed E-state index contributed by atoms with van der Waals surface area (Å²) in [6, 6.07) is 0. The average Bonchev–Trinajstić information content (AvgIpc) is 2.13. The summed E-state index contributed by atoms with van der Waals surface area (Å²) in [6.07, 6.45) is 0.915. The number of rotatable bonds is 1. The second kappa shape index (κ2) is 6.40. The maximum absolute atomic E-state index is 9.02. The molecule has 1 heterocycles. The van der Waals surface area contributed by atoms with Crippen LogP contribution in [0.3, 0.4) is 0 Å². The Labute approximate surface area is 74.4 Å². The monoisotopic (exact) mass is 176 g/mol. The number of aliphatic hydroxyl groups is 2. The smallest absolute Gasteiger partial charge is 0.181 e. The van der Waals surface area contributed by atoms with Crippen molar-refractivity contribution in [3.05, 3.63) is 0 Å². The minimum atomic E-state index is -0.960. The second-order valence-corrected chi connectivity index (χ2v) is 2.70. The van der Waals surface area contributed by atoms with Gasteiger partial charge in [0.25, 0.3) is 0 Å². The van der Waals surface area contributed by atoms with E-state index >= 15 is 0 Å². The molecule has 3 atom stereocenters. The van der Waals surface area contributed by atoms with Gasteiger partial charge in [0.2, 0.25) is 0 Å². The van der Waals surface area contributed by atoms with Crippen LogP contribution < -0.4 is 0 Å². The highest BCUT2D eigenvalue weighted by molar-refractivity contribution is 4.70. The first kappa shape index (κ1) is 11.9. The van der Waals surface area contributed by atoms with E-state index in [2.05, 4.69) is 0 Å². The van der Waals surface area contributed by atoms with Crippen LogP contribution in [0.1, 0.15) is 40.0 Å². The van der Waals surface area contributed by atoms with E-state index < -0.39 is 12.4 Å². The predicted molar refractivity (Wildman–Crippen MR) is 47.8 cm³/mol. The van der Waals surface area contributed by atoms with Crippen LogP contribution in [-0.2, 0) is 4.74 Å². The van der Waals surface area contributed by atoms with Crippen LogP contribution in [0.5, 0.6) is 0 Å². The third-order valence-electron chi connectivity index (χ3n) is 1.90. The Bertz CT molecular complexity index is 106. The average molecular weight is 176 g/mol. The molecule has 74 valence electrons. The van der Waals surface area contributed by atoms with Crippen molar-refractivity contribution < 1.29 is 14.9 Å². The van der Waals surface area contributed by atoms with Gasteiger partial charge < -0.3 is 14.9 Å². The Morgan fingerprint density at radius 3 is 2.25 bits per heavy atom. The van der Waals surface area contributed by atoms with Crippen molar-refractivity contribution in [2.24, 2.45) is 0 Å². The van der Waals surface area contributed by atoms with Crippen molar-refractivity contribution in [2.45, 2.75) is 58.5 Å². The fourth-order valence-electron chi connectivity index (χ4n) is 1.16. The van der Waals surface area contributed by atoms with Crippen LogP contribution in [0.15, 0.2) is 0 Å². The Morgan fingerprint density at radius 1 is 1.25 bits per heavy atom. The lowest BCUT2D eigenvalue weighted by molar-refractivity contribution is -0.215. The highest BCUT2D eigenvalue weighted by Gasteiger charge is 2.26. The summed E-state index contributed by atoms with van der Waals surface area (Å²) in [4.78, 5) is 0. The van der Waals surface area contributed by atoms with Crippen molar-refractivity contribution in [3.8, 4) is 0 Å². The van der Waals surface area contributed by atoms with E-state index in [0.29, 0.717) is 6.42 Å². The van der Waals surface area contributed by atoms with E-state index in [1.54, 1.807) is 0 Å². The molecule has 1 aliphatic heterocycles. The van der Waals surface area contributed by atoms with Crippen molar-refractivity contribution in [1.29, 1.82) is 0 Å². The molecular weight excluding hydrogens is 156 g/mol. The summed E-state index contributed by atoms with van der Waals surface area (Å²) in [5.74, 6) is 0. The molecule has 2 N–H and O–H groups in total. The van der Waals surface area contributed by atoms with Gasteiger partial charge in [-0.2, -0.15) is 0 Å². The molecule has 1 aliphatic rings. The van der Waals surface area contributed by atoms with Crippen molar-refractivity contribution >= 4 is 0 Å². The Balaban J connectivity index is 0.000000561. The molecule has 0 saturated carbocycles. The van der Waals surface area contributed by atoms with Gasteiger partial charge in [0.15, 0.2) is 6.29 Å². The summed E-state index contributed by atoms with van der Waals surface area (Å²) in [5, 5.41) is 18.0. The molecule has 0 aromatic carbocycles. The number of hydrogen-bond donors (Lipinski definition) is 2. The highest BCUT2D eigenvalue weighted by atomic mass is 16.6. The zero-order chi connectivity index (χ0) is 9.56. The molecular formula is C9H20O3. The fourth-order valence-corrected chi connectivity index (χ4v) is 1.16. The van der Waals surface area contributed by atoms with Crippen molar-refractivity contribution in [1.82, 2.24) is 0 Å². The van der Waals surface area contributed by atoms with Crippen molar-refractivity contribution in [3.63, 3.8) is 0 Å².